The molecule has 1 aromatic carbocycles. The van der Waals surface area contributed by atoms with Crippen LogP contribution in [0.5, 0.6) is 0 Å². The molecule has 29 heavy (non-hydrogen) atoms. The van der Waals surface area contributed by atoms with Crippen molar-refractivity contribution in [2.75, 3.05) is 39.3 Å². The van der Waals surface area contributed by atoms with Crippen LogP contribution in [0, 0.1) is 0 Å². The highest BCUT2D eigenvalue weighted by atomic mass is 32.2. The first-order chi connectivity index (χ1) is 13.9. The minimum absolute atomic E-state index is 0.136. The van der Waals surface area contributed by atoms with Crippen molar-refractivity contribution >= 4 is 27.3 Å². The highest BCUT2D eigenvalue weighted by molar-refractivity contribution is 7.89. The summed E-state index contributed by atoms with van der Waals surface area (Å²) in [6.45, 7) is 6.86. The zero-order chi connectivity index (χ0) is 20.4. The number of amides is 1. The number of aromatic nitrogens is 1. The van der Waals surface area contributed by atoms with Gasteiger partial charge in [-0.2, -0.15) is 4.31 Å². The second-order valence-electron chi connectivity index (χ2n) is 7.54. The van der Waals surface area contributed by atoms with Crippen molar-refractivity contribution in [3.8, 4) is 11.3 Å². The Bertz CT molecular complexity index is 958. The molecule has 0 radical (unpaired) electrons. The third-order valence-corrected chi connectivity index (χ3v) is 8.33. The number of rotatable bonds is 5. The number of sulfonamides is 1. The number of carbonyl (C=O) groups excluding carboxylic acids is 1. The van der Waals surface area contributed by atoms with Crippen molar-refractivity contribution in [2.45, 2.75) is 31.2 Å². The van der Waals surface area contributed by atoms with E-state index in [9.17, 15) is 13.2 Å². The predicted molar refractivity (Wildman–Crippen MR) is 113 cm³/mol. The van der Waals surface area contributed by atoms with E-state index in [0.717, 1.165) is 61.8 Å². The number of nitrogens with zero attached hydrogens (tertiary/aromatic N) is 4. The van der Waals surface area contributed by atoms with Crippen LogP contribution in [0.25, 0.3) is 11.3 Å². The average molecular weight is 435 g/mol. The van der Waals surface area contributed by atoms with Crippen molar-refractivity contribution < 1.29 is 13.2 Å². The third kappa shape index (κ3) is 4.53. The fourth-order valence-electron chi connectivity index (χ4n) is 3.80. The molecule has 0 N–H and O–H groups in total. The number of thiazole rings is 1. The first kappa shape index (κ1) is 20.5. The summed E-state index contributed by atoms with van der Waals surface area (Å²) < 4.78 is 26.9. The summed E-state index contributed by atoms with van der Waals surface area (Å²) in [6, 6.07) is 7.05. The highest BCUT2D eigenvalue weighted by Crippen LogP contribution is 2.26. The number of hydrogen-bond acceptors (Lipinski definition) is 6. The monoisotopic (exact) mass is 434 g/mol. The summed E-state index contributed by atoms with van der Waals surface area (Å²) in [7, 11) is -3.38. The van der Waals surface area contributed by atoms with Gasteiger partial charge >= 0.3 is 0 Å². The Kier molecular flexibility index (Phi) is 6.00. The normalized spacial score (nSPS) is 19.0. The van der Waals surface area contributed by atoms with Gasteiger partial charge in [-0.05, 0) is 25.0 Å². The Balaban J connectivity index is 1.40. The standard InChI is InChI=1S/C20H26N4O3S2/c1-16(25)23-12-10-22(11-13-23)14-20-21-19(15-28-20)17-4-6-18(7-5-17)29(26,27)24-8-2-3-9-24/h4-7,15H,2-3,8-14H2,1H3. The Morgan fingerprint density at radius 1 is 1.03 bits per heavy atom. The lowest BCUT2D eigenvalue weighted by Crippen LogP contribution is -2.47. The third-order valence-electron chi connectivity index (χ3n) is 5.58. The van der Waals surface area contributed by atoms with Gasteiger partial charge in [0.05, 0.1) is 17.1 Å². The first-order valence-electron chi connectivity index (χ1n) is 9.96. The lowest BCUT2D eigenvalue weighted by molar-refractivity contribution is -0.130. The largest absolute Gasteiger partial charge is 0.340 e. The average Bonchev–Trinajstić information content (AvgIpc) is 3.41. The molecule has 2 aliphatic rings. The van der Waals surface area contributed by atoms with Crippen molar-refractivity contribution in [1.29, 1.82) is 0 Å². The fraction of sp³-hybridized carbons (Fsp3) is 0.500. The van der Waals surface area contributed by atoms with Crippen LogP contribution in [0.4, 0.5) is 0 Å². The lowest BCUT2D eigenvalue weighted by atomic mass is 10.2. The summed E-state index contributed by atoms with van der Waals surface area (Å²) in [4.78, 5) is 20.7. The highest BCUT2D eigenvalue weighted by Gasteiger charge is 2.27. The first-order valence-corrected chi connectivity index (χ1v) is 12.3. The van der Waals surface area contributed by atoms with Gasteiger partial charge < -0.3 is 4.90 Å². The van der Waals surface area contributed by atoms with E-state index < -0.39 is 10.0 Å². The Morgan fingerprint density at radius 3 is 2.31 bits per heavy atom. The molecule has 7 nitrogen and oxygen atoms in total. The number of carbonyl (C=O) groups is 1. The van der Waals surface area contributed by atoms with Crippen LogP contribution < -0.4 is 0 Å². The van der Waals surface area contributed by atoms with E-state index in [-0.39, 0.29) is 5.91 Å². The number of piperazine rings is 1. The van der Waals surface area contributed by atoms with Crippen molar-refractivity contribution in [1.82, 2.24) is 19.1 Å². The molecule has 2 saturated heterocycles. The Hall–Kier alpha value is -1.81. The quantitative estimate of drug-likeness (QED) is 0.722. The second-order valence-corrected chi connectivity index (χ2v) is 10.4. The van der Waals surface area contributed by atoms with Crippen LogP contribution in [0.1, 0.15) is 24.8 Å². The minimum Gasteiger partial charge on any atom is -0.340 e. The molecule has 2 aromatic rings. The molecule has 0 aliphatic carbocycles. The Labute approximate surface area is 176 Å². The Morgan fingerprint density at radius 2 is 1.69 bits per heavy atom. The van der Waals surface area contributed by atoms with Gasteiger partial charge in [0.1, 0.15) is 5.01 Å². The van der Waals surface area contributed by atoms with E-state index in [0.29, 0.717) is 18.0 Å². The molecular formula is C20H26N4O3S2. The number of benzene rings is 1. The minimum atomic E-state index is -3.38. The molecule has 3 heterocycles. The summed E-state index contributed by atoms with van der Waals surface area (Å²) in [6.07, 6.45) is 1.87. The molecule has 4 rings (SSSR count). The fourth-order valence-corrected chi connectivity index (χ4v) is 6.17. The maximum Gasteiger partial charge on any atom is 0.243 e. The van der Waals surface area contributed by atoms with Crippen LogP contribution in [0.3, 0.4) is 0 Å². The van der Waals surface area contributed by atoms with E-state index in [2.05, 4.69) is 4.90 Å². The maximum atomic E-state index is 12.7. The van der Waals surface area contributed by atoms with E-state index >= 15 is 0 Å². The maximum absolute atomic E-state index is 12.7. The SMILES string of the molecule is CC(=O)N1CCN(Cc2nc(-c3ccc(S(=O)(=O)N4CCCC4)cc3)cs2)CC1. The zero-order valence-corrected chi connectivity index (χ0v) is 18.2. The van der Waals surface area contributed by atoms with Gasteiger partial charge in [-0.3, -0.25) is 9.69 Å². The van der Waals surface area contributed by atoms with Gasteiger partial charge in [0.2, 0.25) is 15.9 Å². The van der Waals surface area contributed by atoms with Gasteiger partial charge in [0.15, 0.2) is 0 Å². The molecule has 2 aliphatic heterocycles. The topological polar surface area (TPSA) is 73.8 Å². The molecule has 2 fully saturated rings. The lowest BCUT2D eigenvalue weighted by Gasteiger charge is -2.33. The smallest absolute Gasteiger partial charge is 0.243 e. The van der Waals surface area contributed by atoms with E-state index in [4.69, 9.17) is 4.98 Å². The number of hydrogen-bond donors (Lipinski definition) is 0. The van der Waals surface area contributed by atoms with Crippen molar-refractivity contribution in [3.63, 3.8) is 0 Å². The van der Waals surface area contributed by atoms with Crippen LogP contribution in [-0.4, -0.2) is 72.7 Å². The molecule has 156 valence electrons. The van der Waals surface area contributed by atoms with Crippen molar-refractivity contribution in [2.24, 2.45) is 0 Å². The molecule has 0 saturated carbocycles. The molecule has 1 amide bonds. The molecule has 0 atom stereocenters. The van der Waals surface area contributed by atoms with E-state index in [1.165, 1.54) is 0 Å². The van der Waals surface area contributed by atoms with Gasteiger partial charge in [-0.1, -0.05) is 12.1 Å². The van der Waals surface area contributed by atoms with Crippen LogP contribution in [0.2, 0.25) is 0 Å². The van der Waals surface area contributed by atoms with Crippen LogP contribution in [-0.2, 0) is 21.4 Å². The van der Waals surface area contributed by atoms with Gasteiger partial charge in [0.25, 0.3) is 0 Å². The van der Waals surface area contributed by atoms with E-state index in [1.54, 1.807) is 34.7 Å². The molecule has 0 bridgehead atoms. The molecule has 0 spiro atoms. The van der Waals surface area contributed by atoms with Crippen LogP contribution in [0.15, 0.2) is 34.5 Å². The summed E-state index contributed by atoms with van der Waals surface area (Å²) >= 11 is 1.62. The summed E-state index contributed by atoms with van der Waals surface area (Å²) in [5.74, 6) is 0.136. The van der Waals surface area contributed by atoms with Crippen LogP contribution >= 0.6 is 11.3 Å². The van der Waals surface area contributed by atoms with Gasteiger partial charge in [-0.25, -0.2) is 13.4 Å². The van der Waals surface area contributed by atoms with Gasteiger partial charge in [-0.15, -0.1) is 11.3 Å². The summed E-state index contributed by atoms with van der Waals surface area (Å²) in [5, 5.41) is 3.05. The van der Waals surface area contributed by atoms with Gasteiger partial charge in [0, 0.05) is 57.1 Å². The molecule has 9 heteroatoms. The van der Waals surface area contributed by atoms with Crippen molar-refractivity contribution in [3.05, 3.63) is 34.7 Å². The molecule has 0 unspecified atom stereocenters. The molecular weight excluding hydrogens is 408 g/mol. The second kappa shape index (κ2) is 8.51. The summed E-state index contributed by atoms with van der Waals surface area (Å²) in [5.41, 5.74) is 1.80. The predicted octanol–water partition coefficient (Wildman–Crippen LogP) is 2.26. The zero-order valence-electron chi connectivity index (χ0n) is 16.6. The molecule has 1 aromatic heterocycles. The van der Waals surface area contributed by atoms with E-state index in [1.807, 2.05) is 22.4 Å².